The van der Waals surface area contributed by atoms with Gasteiger partial charge in [0, 0.05) is 25.1 Å². The van der Waals surface area contributed by atoms with E-state index in [2.05, 4.69) is 5.32 Å². The summed E-state index contributed by atoms with van der Waals surface area (Å²) < 4.78 is 44.4. The monoisotopic (exact) mass is 629 g/mol. The molecule has 0 bridgehead atoms. The molecule has 0 unspecified atom stereocenters. The Balaban J connectivity index is 1.82. The molecule has 0 aliphatic rings. The number of sulfonamides is 1. The first-order chi connectivity index (χ1) is 21.5. The van der Waals surface area contributed by atoms with E-state index >= 15 is 4.39 Å². The van der Waals surface area contributed by atoms with Crippen LogP contribution < -0.4 is 9.62 Å². The maximum Gasteiger partial charge on any atom is 0.264 e. The minimum absolute atomic E-state index is 0.0222. The second-order valence-corrected chi connectivity index (χ2v) is 13.4. The van der Waals surface area contributed by atoms with Crippen LogP contribution in [0.4, 0.5) is 10.1 Å². The zero-order valence-corrected chi connectivity index (χ0v) is 26.9. The first-order valence-electron chi connectivity index (χ1n) is 15.0. The van der Waals surface area contributed by atoms with Gasteiger partial charge in [-0.25, -0.2) is 12.8 Å². The second-order valence-electron chi connectivity index (χ2n) is 11.6. The molecular weight excluding hydrogens is 589 g/mol. The highest BCUT2D eigenvalue weighted by atomic mass is 32.2. The molecular formula is C36H40FN3O4S. The maximum atomic E-state index is 15.0. The van der Waals surface area contributed by atoms with Gasteiger partial charge in [-0.3, -0.25) is 13.9 Å². The number of anilines is 1. The summed E-state index contributed by atoms with van der Waals surface area (Å²) in [5, 5.41) is 2.94. The second kappa shape index (κ2) is 15.0. The fourth-order valence-corrected chi connectivity index (χ4v) is 6.60. The standard InChI is InChI=1S/C36H40FN3O4S/c1-26(2)23-38-36(42)34(22-29-13-7-5-8-14-29)39(24-30-15-11-12-18-32(30)37)35(41)25-40(33-20-19-27(3)21-28(33)4)45(43,44)31-16-9-6-10-17-31/h5-21,26,34H,22-25H2,1-4H3,(H,38,42)/t34-/m1/s1. The van der Waals surface area contributed by atoms with Crippen molar-refractivity contribution < 1.29 is 22.4 Å². The molecule has 9 heteroatoms. The number of amides is 2. The molecule has 1 atom stereocenters. The molecule has 236 valence electrons. The van der Waals surface area contributed by atoms with E-state index in [1.165, 1.54) is 23.1 Å². The molecule has 0 aliphatic carbocycles. The van der Waals surface area contributed by atoms with Gasteiger partial charge >= 0.3 is 0 Å². The summed E-state index contributed by atoms with van der Waals surface area (Å²) >= 11 is 0. The highest BCUT2D eigenvalue weighted by Crippen LogP contribution is 2.28. The smallest absolute Gasteiger partial charge is 0.264 e. The Kier molecular flexibility index (Phi) is 11.1. The van der Waals surface area contributed by atoms with Crippen molar-refractivity contribution in [3.8, 4) is 0 Å². The zero-order chi connectivity index (χ0) is 32.6. The van der Waals surface area contributed by atoms with E-state index in [0.717, 1.165) is 15.4 Å². The van der Waals surface area contributed by atoms with E-state index in [1.807, 2.05) is 57.2 Å². The van der Waals surface area contributed by atoms with Crippen LogP contribution in [0, 0.1) is 25.6 Å². The summed E-state index contributed by atoms with van der Waals surface area (Å²) in [7, 11) is -4.21. The molecule has 0 saturated carbocycles. The Morgan fingerprint density at radius 1 is 0.844 bits per heavy atom. The van der Waals surface area contributed by atoms with Crippen molar-refractivity contribution in [2.24, 2.45) is 5.92 Å². The number of rotatable bonds is 13. The van der Waals surface area contributed by atoms with Crippen LogP contribution in [0.25, 0.3) is 0 Å². The van der Waals surface area contributed by atoms with Crippen molar-refractivity contribution in [3.05, 3.63) is 131 Å². The average Bonchev–Trinajstić information content (AvgIpc) is 3.02. The number of aryl methyl sites for hydroxylation is 2. The van der Waals surface area contributed by atoms with Crippen molar-refractivity contribution >= 4 is 27.5 Å². The number of nitrogens with zero attached hydrogens (tertiary/aromatic N) is 2. The van der Waals surface area contributed by atoms with Gasteiger partial charge in [0.1, 0.15) is 18.4 Å². The lowest BCUT2D eigenvalue weighted by Crippen LogP contribution is -2.54. The van der Waals surface area contributed by atoms with E-state index < -0.39 is 40.2 Å². The number of carbonyl (C=O) groups excluding carboxylic acids is 2. The van der Waals surface area contributed by atoms with Gasteiger partial charge in [0.2, 0.25) is 11.8 Å². The third kappa shape index (κ3) is 8.57. The van der Waals surface area contributed by atoms with Crippen molar-refractivity contribution in [2.45, 2.75) is 51.6 Å². The van der Waals surface area contributed by atoms with Gasteiger partial charge < -0.3 is 10.2 Å². The Morgan fingerprint density at radius 2 is 1.47 bits per heavy atom. The molecule has 2 amide bonds. The van der Waals surface area contributed by atoms with E-state index in [-0.39, 0.29) is 29.3 Å². The molecule has 45 heavy (non-hydrogen) atoms. The molecule has 0 radical (unpaired) electrons. The first kappa shape index (κ1) is 33.4. The van der Waals surface area contributed by atoms with Gasteiger partial charge in [0.25, 0.3) is 10.0 Å². The van der Waals surface area contributed by atoms with Crippen LogP contribution in [0.1, 0.15) is 36.1 Å². The third-order valence-electron chi connectivity index (χ3n) is 7.49. The third-order valence-corrected chi connectivity index (χ3v) is 9.26. The van der Waals surface area contributed by atoms with Gasteiger partial charge in [-0.1, -0.05) is 98.3 Å². The Labute approximate surface area is 265 Å². The van der Waals surface area contributed by atoms with Gasteiger partial charge in [-0.05, 0) is 55.2 Å². The predicted molar refractivity (Wildman–Crippen MR) is 176 cm³/mol. The number of carbonyl (C=O) groups is 2. The molecule has 4 aromatic rings. The number of hydrogen-bond donors (Lipinski definition) is 1. The summed E-state index contributed by atoms with van der Waals surface area (Å²) in [6.07, 6.45) is 0.153. The van der Waals surface area contributed by atoms with Crippen molar-refractivity contribution in [2.75, 3.05) is 17.4 Å². The number of hydrogen-bond acceptors (Lipinski definition) is 4. The summed E-state index contributed by atoms with van der Waals surface area (Å²) in [6, 6.07) is 27.5. The lowest BCUT2D eigenvalue weighted by Gasteiger charge is -2.34. The minimum Gasteiger partial charge on any atom is -0.354 e. The van der Waals surface area contributed by atoms with Crippen LogP contribution in [0.2, 0.25) is 0 Å². The molecule has 0 saturated heterocycles. The zero-order valence-electron chi connectivity index (χ0n) is 26.1. The van der Waals surface area contributed by atoms with Crippen LogP contribution in [0.5, 0.6) is 0 Å². The Hall–Kier alpha value is -4.50. The molecule has 0 heterocycles. The lowest BCUT2D eigenvalue weighted by atomic mass is 10.0. The summed E-state index contributed by atoms with van der Waals surface area (Å²) in [4.78, 5) is 29.6. The molecule has 7 nitrogen and oxygen atoms in total. The highest BCUT2D eigenvalue weighted by Gasteiger charge is 2.35. The van der Waals surface area contributed by atoms with Crippen molar-refractivity contribution in [3.63, 3.8) is 0 Å². The first-order valence-corrected chi connectivity index (χ1v) is 16.4. The van der Waals surface area contributed by atoms with Crippen LogP contribution in [-0.4, -0.2) is 44.3 Å². The van der Waals surface area contributed by atoms with Crippen molar-refractivity contribution in [1.82, 2.24) is 10.2 Å². The lowest BCUT2D eigenvalue weighted by molar-refractivity contribution is -0.140. The fourth-order valence-electron chi connectivity index (χ4n) is 5.10. The number of halogens is 1. The number of benzene rings is 4. The van der Waals surface area contributed by atoms with Gasteiger partial charge in [-0.2, -0.15) is 0 Å². The Bertz CT molecular complexity index is 1710. The predicted octanol–water partition coefficient (Wildman–Crippen LogP) is 6.05. The minimum atomic E-state index is -4.21. The fraction of sp³-hybridized carbons (Fsp3) is 0.278. The molecule has 0 aliphatic heterocycles. The molecule has 0 aromatic heterocycles. The van der Waals surface area contributed by atoms with Crippen molar-refractivity contribution in [1.29, 1.82) is 0 Å². The number of nitrogens with one attached hydrogen (secondary N) is 1. The molecule has 1 N–H and O–H groups in total. The summed E-state index contributed by atoms with van der Waals surface area (Å²) in [5.74, 6) is -1.42. The van der Waals surface area contributed by atoms with E-state index in [4.69, 9.17) is 0 Å². The van der Waals surface area contributed by atoms with E-state index in [9.17, 15) is 18.0 Å². The topological polar surface area (TPSA) is 86.8 Å². The molecule has 0 fully saturated rings. The summed E-state index contributed by atoms with van der Waals surface area (Å²) in [5.41, 5.74) is 2.96. The highest BCUT2D eigenvalue weighted by molar-refractivity contribution is 7.92. The molecule has 4 rings (SSSR count). The van der Waals surface area contributed by atoms with Gasteiger partial charge in [-0.15, -0.1) is 0 Å². The van der Waals surface area contributed by atoms with Gasteiger partial charge in [0.15, 0.2) is 0 Å². The van der Waals surface area contributed by atoms with Crippen LogP contribution in [0.3, 0.4) is 0 Å². The maximum absolute atomic E-state index is 15.0. The van der Waals surface area contributed by atoms with Gasteiger partial charge in [0.05, 0.1) is 10.6 Å². The molecule has 0 spiro atoms. The quantitative estimate of drug-likeness (QED) is 0.195. The summed E-state index contributed by atoms with van der Waals surface area (Å²) in [6.45, 7) is 7.16. The van der Waals surface area contributed by atoms with E-state index in [0.29, 0.717) is 17.8 Å². The van der Waals surface area contributed by atoms with Crippen LogP contribution in [-0.2, 0) is 32.6 Å². The molecule has 4 aromatic carbocycles. The average molecular weight is 630 g/mol. The van der Waals surface area contributed by atoms with Crippen LogP contribution in [0.15, 0.2) is 108 Å². The van der Waals surface area contributed by atoms with E-state index in [1.54, 1.807) is 55.5 Å². The largest absolute Gasteiger partial charge is 0.354 e. The normalized spacial score (nSPS) is 12.0. The SMILES string of the molecule is Cc1ccc(N(CC(=O)N(Cc2ccccc2F)[C@H](Cc2ccccc2)C(=O)NCC(C)C)S(=O)(=O)c2ccccc2)c(C)c1. The Morgan fingerprint density at radius 3 is 2.09 bits per heavy atom. The van der Waals surface area contributed by atoms with Crippen LogP contribution >= 0.6 is 0 Å².